The fourth-order valence-electron chi connectivity index (χ4n) is 2.31. The van der Waals surface area contributed by atoms with Crippen molar-refractivity contribution in [1.82, 2.24) is 19.5 Å². The highest BCUT2D eigenvalue weighted by atomic mass is 15.1. The topological polar surface area (TPSA) is 43.6 Å². The number of rotatable bonds is 4. The Balaban J connectivity index is 1.89. The lowest BCUT2D eigenvalue weighted by Gasteiger charge is -1.96. The number of benzene rings is 1. The number of allylic oxidation sites excluding steroid dienone is 1. The molecule has 110 valence electrons. The van der Waals surface area contributed by atoms with Crippen molar-refractivity contribution in [3.8, 4) is 0 Å². The Morgan fingerprint density at radius 1 is 1.05 bits per heavy atom. The molecule has 22 heavy (non-hydrogen) atoms. The molecule has 0 unspecified atom stereocenters. The molecular weight excluding hydrogens is 272 g/mol. The van der Waals surface area contributed by atoms with Crippen LogP contribution in [-0.2, 0) is 6.42 Å². The summed E-state index contributed by atoms with van der Waals surface area (Å²) >= 11 is 0. The highest BCUT2D eigenvalue weighted by molar-refractivity contribution is 5.76. The summed E-state index contributed by atoms with van der Waals surface area (Å²) in [6.45, 7) is 4.10. The van der Waals surface area contributed by atoms with Crippen LogP contribution < -0.4 is 0 Å². The van der Waals surface area contributed by atoms with Gasteiger partial charge in [-0.2, -0.15) is 0 Å². The van der Waals surface area contributed by atoms with Crippen molar-refractivity contribution < 1.29 is 0 Å². The lowest BCUT2D eigenvalue weighted by Crippen LogP contribution is -1.92. The van der Waals surface area contributed by atoms with Gasteiger partial charge < -0.3 is 4.57 Å². The highest BCUT2D eigenvalue weighted by Crippen LogP contribution is 2.12. The zero-order chi connectivity index (χ0) is 15.4. The summed E-state index contributed by atoms with van der Waals surface area (Å²) in [5, 5.41) is 0. The van der Waals surface area contributed by atoms with Gasteiger partial charge in [0, 0.05) is 18.8 Å². The summed E-state index contributed by atoms with van der Waals surface area (Å²) in [7, 11) is 0. The first-order valence-corrected chi connectivity index (χ1v) is 7.40. The van der Waals surface area contributed by atoms with Gasteiger partial charge in [-0.1, -0.05) is 25.1 Å². The molecule has 3 aromatic rings. The second kappa shape index (κ2) is 6.35. The molecule has 2 aromatic heterocycles. The first-order chi connectivity index (χ1) is 10.8. The largest absolute Gasteiger partial charge is 0.310 e. The van der Waals surface area contributed by atoms with Crippen LogP contribution in [0.4, 0.5) is 0 Å². The molecule has 0 saturated heterocycles. The summed E-state index contributed by atoms with van der Waals surface area (Å²) in [5.74, 6) is 1.04. The standard InChI is InChI=1S/C18H18N4/c1-3-11-22-13-15(21-18(22)4-2)10-9-14-12-19-16-7-5-6-8-17(16)20-14/h3,5-13H,4H2,1-2H3/b10-9+,11-3-. The fraction of sp³-hybridized carbons (Fsp3) is 0.167. The molecule has 0 spiro atoms. The Bertz CT molecular complexity index is 843. The van der Waals surface area contributed by atoms with Gasteiger partial charge in [0.05, 0.1) is 28.6 Å². The Morgan fingerprint density at radius 2 is 1.82 bits per heavy atom. The van der Waals surface area contributed by atoms with Crippen molar-refractivity contribution in [3.05, 3.63) is 59.9 Å². The summed E-state index contributed by atoms with van der Waals surface area (Å²) in [6, 6.07) is 7.86. The monoisotopic (exact) mass is 290 g/mol. The number of aryl methyl sites for hydroxylation is 1. The molecule has 4 heteroatoms. The van der Waals surface area contributed by atoms with Gasteiger partial charge in [-0.3, -0.25) is 4.98 Å². The van der Waals surface area contributed by atoms with E-state index in [1.54, 1.807) is 6.20 Å². The first kappa shape index (κ1) is 14.2. The number of para-hydroxylation sites is 2. The van der Waals surface area contributed by atoms with Gasteiger partial charge in [-0.25, -0.2) is 9.97 Å². The van der Waals surface area contributed by atoms with Gasteiger partial charge in [0.1, 0.15) is 5.82 Å². The number of nitrogens with zero attached hydrogens (tertiary/aromatic N) is 4. The Kier molecular flexibility index (Phi) is 4.10. The predicted octanol–water partition coefficient (Wildman–Crippen LogP) is 4.05. The second-order valence-electron chi connectivity index (χ2n) is 4.94. The van der Waals surface area contributed by atoms with Crippen LogP contribution in [-0.4, -0.2) is 19.5 Å². The van der Waals surface area contributed by atoms with Crippen LogP contribution in [0.15, 0.2) is 42.7 Å². The molecule has 0 amide bonds. The molecule has 0 fully saturated rings. The van der Waals surface area contributed by atoms with E-state index in [4.69, 9.17) is 0 Å². The molecule has 0 aliphatic carbocycles. The van der Waals surface area contributed by atoms with Crippen molar-refractivity contribution in [2.24, 2.45) is 0 Å². The molecule has 0 radical (unpaired) electrons. The molecule has 0 bridgehead atoms. The molecule has 3 rings (SSSR count). The third kappa shape index (κ3) is 2.96. The fourth-order valence-corrected chi connectivity index (χ4v) is 2.31. The van der Waals surface area contributed by atoms with E-state index < -0.39 is 0 Å². The quantitative estimate of drug-likeness (QED) is 0.728. The number of hydrogen-bond acceptors (Lipinski definition) is 3. The Hall–Kier alpha value is -2.75. The average Bonchev–Trinajstić information content (AvgIpc) is 2.95. The van der Waals surface area contributed by atoms with E-state index >= 15 is 0 Å². The van der Waals surface area contributed by atoms with E-state index in [2.05, 4.69) is 21.9 Å². The van der Waals surface area contributed by atoms with Gasteiger partial charge in [0.25, 0.3) is 0 Å². The molecule has 2 heterocycles. The molecule has 0 atom stereocenters. The van der Waals surface area contributed by atoms with Crippen molar-refractivity contribution in [2.75, 3.05) is 0 Å². The third-order valence-corrected chi connectivity index (χ3v) is 3.35. The molecule has 1 aromatic carbocycles. The smallest absolute Gasteiger partial charge is 0.113 e. The summed E-state index contributed by atoms with van der Waals surface area (Å²) in [4.78, 5) is 13.6. The SMILES string of the molecule is C/C=C\n1cc(/C=C/c2cnc3ccccc3n2)nc1CC. The van der Waals surface area contributed by atoms with Crippen LogP contribution >= 0.6 is 0 Å². The van der Waals surface area contributed by atoms with Crippen LogP contribution in [0, 0.1) is 0 Å². The molecule has 0 aliphatic heterocycles. The Labute approximate surface area is 129 Å². The molecule has 4 nitrogen and oxygen atoms in total. The van der Waals surface area contributed by atoms with E-state index in [1.807, 2.05) is 66.4 Å². The summed E-state index contributed by atoms with van der Waals surface area (Å²) in [6.07, 6.45) is 12.6. The van der Waals surface area contributed by atoms with Crippen molar-refractivity contribution in [3.63, 3.8) is 0 Å². The van der Waals surface area contributed by atoms with Crippen LogP contribution in [0.1, 0.15) is 31.1 Å². The minimum atomic E-state index is 0.831. The zero-order valence-electron chi connectivity index (χ0n) is 12.8. The minimum Gasteiger partial charge on any atom is -0.310 e. The van der Waals surface area contributed by atoms with E-state index in [1.165, 1.54) is 0 Å². The number of imidazole rings is 1. The van der Waals surface area contributed by atoms with Crippen molar-refractivity contribution in [2.45, 2.75) is 20.3 Å². The number of aromatic nitrogens is 4. The van der Waals surface area contributed by atoms with Crippen molar-refractivity contribution in [1.29, 1.82) is 0 Å². The van der Waals surface area contributed by atoms with Crippen LogP contribution in [0.3, 0.4) is 0 Å². The second-order valence-corrected chi connectivity index (χ2v) is 4.94. The third-order valence-electron chi connectivity index (χ3n) is 3.35. The van der Waals surface area contributed by atoms with E-state index in [0.717, 1.165) is 34.7 Å². The number of hydrogen-bond donors (Lipinski definition) is 0. The minimum absolute atomic E-state index is 0.831. The van der Waals surface area contributed by atoms with Gasteiger partial charge in [0.2, 0.25) is 0 Å². The van der Waals surface area contributed by atoms with Gasteiger partial charge in [-0.05, 0) is 31.2 Å². The normalized spacial score (nSPS) is 11.9. The van der Waals surface area contributed by atoms with Gasteiger partial charge in [-0.15, -0.1) is 0 Å². The Morgan fingerprint density at radius 3 is 2.59 bits per heavy atom. The van der Waals surface area contributed by atoms with Crippen LogP contribution in [0.5, 0.6) is 0 Å². The molecular formula is C18H18N4. The summed E-state index contributed by atoms with van der Waals surface area (Å²) in [5.41, 5.74) is 3.56. The maximum atomic E-state index is 4.60. The average molecular weight is 290 g/mol. The maximum absolute atomic E-state index is 4.60. The zero-order valence-corrected chi connectivity index (χ0v) is 12.8. The lowest BCUT2D eigenvalue weighted by molar-refractivity contribution is 0.922. The molecule has 0 aliphatic rings. The molecule has 0 saturated carbocycles. The van der Waals surface area contributed by atoms with Gasteiger partial charge >= 0.3 is 0 Å². The number of fused-ring (bicyclic) bond motifs is 1. The van der Waals surface area contributed by atoms with E-state index in [0.29, 0.717) is 0 Å². The van der Waals surface area contributed by atoms with Crippen molar-refractivity contribution >= 4 is 29.4 Å². The van der Waals surface area contributed by atoms with Gasteiger partial charge in [0.15, 0.2) is 0 Å². The predicted molar refractivity (Wildman–Crippen MR) is 91.1 cm³/mol. The highest BCUT2D eigenvalue weighted by Gasteiger charge is 2.02. The van der Waals surface area contributed by atoms with Crippen LogP contribution in [0.2, 0.25) is 0 Å². The maximum Gasteiger partial charge on any atom is 0.113 e. The lowest BCUT2D eigenvalue weighted by atomic mass is 10.3. The molecule has 0 N–H and O–H groups in total. The first-order valence-electron chi connectivity index (χ1n) is 7.40. The van der Waals surface area contributed by atoms with Crippen LogP contribution in [0.25, 0.3) is 29.4 Å². The summed E-state index contributed by atoms with van der Waals surface area (Å²) < 4.78 is 2.05. The van der Waals surface area contributed by atoms with E-state index in [-0.39, 0.29) is 0 Å². The van der Waals surface area contributed by atoms with E-state index in [9.17, 15) is 0 Å².